The molecule has 1 rings (SSSR count). The minimum atomic E-state index is 0.498. The van der Waals surface area contributed by atoms with E-state index in [9.17, 15) is 0 Å². The molecule has 1 fully saturated rings. The summed E-state index contributed by atoms with van der Waals surface area (Å²) < 4.78 is 0. The van der Waals surface area contributed by atoms with E-state index in [4.69, 9.17) is 0 Å². The van der Waals surface area contributed by atoms with Gasteiger partial charge in [-0.3, -0.25) is 0 Å². The fourth-order valence-electron chi connectivity index (χ4n) is 3.96. The zero-order chi connectivity index (χ0) is 15.9. The van der Waals surface area contributed by atoms with E-state index in [1.165, 1.54) is 57.9 Å². The standard InChI is InChI=1S/C20H41N/c1-7-8-9-10-11-17-14-19(20(4,5)6)13-12-18(17)15-21-16(2)3/h16-19,21H,7-15H2,1-6H3. The number of rotatable bonds is 8. The van der Waals surface area contributed by atoms with Crippen LogP contribution in [0.15, 0.2) is 0 Å². The molecule has 1 aliphatic rings. The molecule has 1 saturated carbocycles. The van der Waals surface area contributed by atoms with Gasteiger partial charge in [0.15, 0.2) is 0 Å². The highest BCUT2D eigenvalue weighted by molar-refractivity contribution is 4.86. The number of nitrogens with one attached hydrogen (secondary N) is 1. The Balaban J connectivity index is 2.52. The molecule has 0 bridgehead atoms. The van der Waals surface area contributed by atoms with Crippen LogP contribution in [0, 0.1) is 23.2 Å². The second-order valence-corrected chi connectivity index (χ2v) is 8.81. The van der Waals surface area contributed by atoms with Crippen LogP contribution in [0.4, 0.5) is 0 Å². The topological polar surface area (TPSA) is 12.0 Å². The van der Waals surface area contributed by atoms with Crippen molar-refractivity contribution < 1.29 is 0 Å². The van der Waals surface area contributed by atoms with Crippen molar-refractivity contribution in [3.63, 3.8) is 0 Å². The average Bonchev–Trinajstić information content (AvgIpc) is 2.40. The van der Waals surface area contributed by atoms with Gasteiger partial charge in [0.05, 0.1) is 0 Å². The lowest BCUT2D eigenvalue weighted by Gasteiger charge is -2.42. The molecule has 0 amide bonds. The van der Waals surface area contributed by atoms with E-state index >= 15 is 0 Å². The molecule has 0 spiro atoms. The Bertz CT molecular complexity index is 264. The lowest BCUT2D eigenvalue weighted by Crippen LogP contribution is -2.38. The zero-order valence-electron chi connectivity index (χ0n) is 15.7. The summed E-state index contributed by atoms with van der Waals surface area (Å²) >= 11 is 0. The zero-order valence-corrected chi connectivity index (χ0v) is 15.7. The molecule has 0 aromatic heterocycles. The van der Waals surface area contributed by atoms with Crippen molar-refractivity contribution >= 4 is 0 Å². The molecule has 3 atom stereocenters. The van der Waals surface area contributed by atoms with Crippen LogP contribution >= 0.6 is 0 Å². The third-order valence-electron chi connectivity index (χ3n) is 5.58. The van der Waals surface area contributed by atoms with E-state index in [0.717, 1.165) is 17.8 Å². The molecule has 0 radical (unpaired) electrons. The molecule has 1 N–H and O–H groups in total. The van der Waals surface area contributed by atoms with Crippen LogP contribution in [0.1, 0.15) is 92.9 Å². The van der Waals surface area contributed by atoms with Gasteiger partial charge in [-0.2, -0.15) is 0 Å². The average molecular weight is 296 g/mol. The molecule has 1 heteroatoms. The summed E-state index contributed by atoms with van der Waals surface area (Å²) in [6, 6.07) is 0.631. The number of hydrogen-bond acceptors (Lipinski definition) is 1. The fraction of sp³-hybridized carbons (Fsp3) is 1.00. The maximum atomic E-state index is 3.70. The van der Waals surface area contributed by atoms with Gasteiger partial charge in [0, 0.05) is 6.04 Å². The smallest absolute Gasteiger partial charge is 0.00104 e. The quantitative estimate of drug-likeness (QED) is 0.539. The first-order valence-electron chi connectivity index (χ1n) is 9.58. The number of unbranched alkanes of at least 4 members (excludes halogenated alkanes) is 3. The minimum Gasteiger partial charge on any atom is -0.314 e. The van der Waals surface area contributed by atoms with E-state index < -0.39 is 0 Å². The highest BCUT2D eigenvalue weighted by Gasteiger charge is 2.35. The summed E-state index contributed by atoms with van der Waals surface area (Å²) in [5, 5.41) is 3.70. The molecule has 0 heterocycles. The Labute approximate surface area is 134 Å². The van der Waals surface area contributed by atoms with Crippen molar-refractivity contribution in [2.45, 2.75) is 99.0 Å². The first kappa shape index (κ1) is 19.0. The molecule has 1 aliphatic carbocycles. The maximum absolute atomic E-state index is 3.70. The monoisotopic (exact) mass is 295 g/mol. The molecular weight excluding hydrogens is 254 g/mol. The Morgan fingerprint density at radius 2 is 1.71 bits per heavy atom. The Hall–Kier alpha value is -0.0400. The minimum absolute atomic E-state index is 0.498. The number of hydrogen-bond donors (Lipinski definition) is 1. The van der Waals surface area contributed by atoms with Gasteiger partial charge in [-0.25, -0.2) is 0 Å². The summed E-state index contributed by atoms with van der Waals surface area (Å²) in [5.41, 5.74) is 0.498. The largest absolute Gasteiger partial charge is 0.314 e. The van der Waals surface area contributed by atoms with Crippen LogP contribution in [-0.4, -0.2) is 12.6 Å². The molecule has 1 nitrogen and oxygen atoms in total. The third kappa shape index (κ3) is 7.17. The summed E-state index contributed by atoms with van der Waals surface area (Å²) in [4.78, 5) is 0. The van der Waals surface area contributed by atoms with Crippen molar-refractivity contribution in [1.82, 2.24) is 5.32 Å². The van der Waals surface area contributed by atoms with Gasteiger partial charge in [-0.05, 0) is 49.0 Å². The van der Waals surface area contributed by atoms with Crippen molar-refractivity contribution in [2.24, 2.45) is 23.2 Å². The summed E-state index contributed by atoms with van der Waals surface area (Å²) in [6.45, 7) is 15.4. The first-order chi connectivity index (χ1) is 9.84. The molecule has 3 unspecified atom stereocenters. The van der Waals surface area contributed by atoms with Crippen LogP contribution in [0.5, 0.6) is 0 Å². The van der Waals surface area contributed by atoms with E-state index in [0.29, 0.717) is 11.5 Å². The predicted octanol–water partition coefficient (Wildman–Crippen LogP) is 6.03. The third-order valence-corrected chi connectivity index (χ3v) is 5.58. The van der Waals surface area contributed by atoms with E-state index in [-0.39, 0.29) is 0 Å². The molecule has 0 saturated heterocycles. The molecule has 0 aliphatic heterocycles. The maximum Gasteiger partial charge on any atom is 0.00104 e. The van der Waals surface area contributed by atoms with Crippen molar-refractivity contribution in [1.29, 1.82) is 0 Å². The Morgan fingerprint density at radius 1 is 1.00 bits per heavy atom. The van der Waals surface area contributed by atoms with Gasteiger partial charge >= 0.3 is 0 Å². The molecule has 21 heavy (non-hydrogen) atoms. The first-order valence-corrected chi connectivity index (χ1v) is 9.58. The normalized spacial score (nSPS) is 27.3. The second kappa shape index (κ2) is 9.18. The van der Waals surface area contributed by atoms with Crippen LogP contribution in [-0.2, 0) is 0 Å². The van der Waals surface area contributed by atoms with Gasteiger partial charge in [0.2, 0.25) is 0 Å². The molecule has 126 valence electrons. The van der Waals surface area contributed by atoms with E-state index in [1.54, 1.807) is 0 Å². The van der Waals surface area contributed by atoms with Gasteiger partial charge in [-0.15, -0.1) is 0 Å². The SMILES string of the molecule is CCCCCCC1CC(C(C)(C)C)CCC1CNC(C)C. The van der Waals surface area contributed by atoms with Crippen molar-refractivity contribution in [3.05, 3.63) is 0 Å². The fourth-order valence-corrected chi connectivity index (χ4v) is 3.96. The lowest BCUT2D eigenvalue weighted by molar-refractivity contribution is 0.0901. The second-order valence-electron chi connectivity index (χ2n) is 8.81. The predicted molar refractivity (Wildman–Crippen MR) is 95.7 cm³/mol. The van der Waals surface area contributed by atoms with Crippen LogP contribution in [0.2, 0.25) is 0 Å². The van der Waals surface area contributed by atoms with E-state index in [1.807, 2.05) is 0 Å². The summed E-state index contributed by atoms with van der Waals surface area (Å²) in [5.74, 6) is 2.82. The Kier molecular flexibility index (Phi) is 8.31. The van der Waals surface area contributed by atoms with Crippen LogP contribution < -0.4 is 5.32 Å². The lowest BCUT2D eigenvalue weighted by atomic mass is 9.64. The van der Waals surface area contributed by atoms with Crippen LogP contribution in [0.3, 0.4) is 0 Å². The summed E-state index contributed by atoms with van der Waals surface area (Å²) in [7, 11) is 0. The van der Waals surface area contributed by atoms with Crippen LogP contribution in [0.25, 0.3) is 0 Å². The van der Waals surface area contributed by atoms with Gasteiger partial charge in [0.25, 0.3) is 0 Å². The van der Waals surface area contributed by atoms with Gasteiger partial charge in [-0.1, -0.05) is 73.6 Å². The van der Waals surface area contributed by atoms with E-state index in [2.05, 4.69) is 46.9 Å². The Morgan fingerprint density at radius 3 is 2.29 bits per heavy atom. The summed E-state index contributed by atoms with van der Waals surface area (Å²) in [6.07, 6.45) is 11.5. The molecular formula is C20H41N. The highest BCUT2D eigenvalue weighted by Crippen LogP contribution is 2.44. The van der Waals surface area contributed by atoms with Gasteiger partial charge < -0.3 is 5.32 Å². The highest BCUT2D eigenvalue weighted by atomic mass is 14.9. The van der Waals surface area contributed by atoms with Crippen molar-refractivity contribution in [2.75, 3.05) is 6.54 Å². The molecule has 0 aromatic carbocycles. The van der Waals surface area contributed by atoms with Gasteiger partial charge in [0.1, 0.15) is 0 Å². The molecule has 0 aromatic rings. The van der Waals surface area contributed by atoms with Crippen molar-refractivity contribution in [3.8, 4) is 0 Å².